The molecule has 0 saturated heterocycles. The number of carboxylic acid groups (broad SMARTS) is 2. The van der Waals surface area contributed by atoms with E-state index in [1.165, 1.54) is 0 Å². The molecule has 8 heteroatoms. The van der Waals surface area contributed by atoms with Crippen molar-refractivity contribution in [3.05, 3.63) is 0 Å². The summed E-state index contributed by atoms with van der Waals surface area (Å²) >= 11 is 0. The van der Waals surface area contributed by atoms with Crippen LogP contribution in [0, 0.1) is 0 Å². The Morgan fingerprint density at radius 3 is 1.92 bits per heavy atom. The maximum absolute atomic E-state index is 10.5. The normalized spacial score (nSPS) is 13.7. The second-order valence-electron chi connectivity index (χ2n) is 2.38. The van der Waals surface area contributed by atoms with Crippen LogP contribution in [0.4, 0.5) is 0 Å². The Kier molecular flexibility index (Phi) is 4.06. The second kappa shape index (κ2) is 4.36. The van der Waals surface area contributed by atoms with Gasteiger partial charge in [0.2, 0.25) is 0 Å². The minimum Gasteiger partial charge on any atom is -0.481 e. The number of carboxylic acids is 2. The minimum atomic E-state index is -4.75. The van der Waals surface area contributed by atoms with Gasteiger partial charge in [-0.2, -0.15) is 0 Å². The van der Waals surface area contributed by atoms with Gasteiger partial charge in [0.15, 0.2) is 5.66 Å². The first-order chi connectivity index (χ1) is 5.75. The maximum atomic E-state index is 10.5. The summed E-state index contributed by atoms with van der Waals surface area (Å²) in [6.45, 7) is 0. The summed E-state index contributed by atoms with van der Waals surface area (Å²) in [5.74, 6) is -2.98. The minimum absolute atomic E-state index is 0.574. The maximum Gasteiger partial charge on any atom is 0.339 e. The van der Waals surface area contributed by atoms with Gasteiger partial charge in [-0.15, -0.1) is 0 Å². The van der Waals surface area contributed by atoms with Gasteiger partial charge in [0.1, 0.15) is 0 Å². The summed E-state index contributed by atoms with van der Waals surface area (Å²) in [6, 6.07) is 0. The SMILES string of the molecule is O=C(O)CCC(C(=O)O)P(=O)(O)O. The van der Waals surface area contributed by atoms with E-state index in [2.05, 4.69) is 0 Å². The molecule has 0 radical (unpaired) electrons. The van der Waals surface area contributed by atoms with Gasteiger partial charge in [-0.05, 0) is 6.42 Å². The Bertz CT molecular complexity index is 254. The third kappa shape index (κ3) is 4.62. The van der Waals surface area contributed by atoms with Crippen LogP contribution in [0.1, 0.15) is 12.8 Å². The molecule has 1 atom stereocenters. The molecular formula is C5H9O7P. The van der Waals surface area contributed by atoms with Crippen molar-refractivity contribution in [1.82, 2.24) is 0 Å². The first-order valence-corrected chi connectivity index (χ1v) is 4.93. The van der Waals surface area contributed by atoms with Gasteiger partial charge in [0.05, 0.1) is 0 Å². The Morgan fingerprint density at radius 2 is 1.69 bits per heavy atom. The summed E-state index contributed by atoms with van der Waals surface area (Å²) in [4.78, 5) is 37.3. The van der Waals surface area contributed by atoms with Crippen molar-refractivity contribution in [2.45, 2.75) is 18.5 Å². The van der Waals surface area contributed by atoms with Crippen LogP contribution < -0.4 is 0 Å². The van der Waals surface area contributed by atoms with Crippen LogP contribution in [-0.4, -0.2) is 37.6 Å². The largest absolute Gasteiger partial charge is 0.481 e. The van der Waals surface area contributed by atoms with E-state index in [-0.39, 0.29) is 0 Å². The number of hydrogen-bond acceptors (Lipinski definition) is 3. The molecule has 4 N–H and O–H groups in total. The highest BCUT2D eigenvalue weighted by Crippen LogP contribution is 2.43. The number of hydrogen-bond donors (Lipinski definition) is 4. The van der Waals surface area contributed by atoms with Crippen molar-refractivity contribution in [3.63, 3.8) is 0 Å². The van der Waals surface area contributed by atoms with Gasteiger partial charge in [-0.3, -0.25) is 14.2 Å². The van der Waals surface area contributed by atoms with E-state index in [1.807, 2.05) is 0 Å². The average molecular weight is 212 g/mol. The first kappa shape index (κ1) is 12.1. The predicted octanol–water partition coefficient (Wildman–Crippen LogP) is -0.518. The molecule has 0 aromatic rings. The molecule has 0 aromatic heterocycles. The standard InChI is InChI=1S/C5H9O7P/c6-4(7)2-1-3(5(8)9)13(10,11)12/h3H,1-2H2,(H,6,7)(H,8,9)(H2,10,11,12). The predicted molar refractivity (Wildman–Crippen MR) is 40.3 cm³/mol. The Morgan fingerprint density at radius 1 is 1.23 bits per heavy atom. The third-order valence-corrected chi connectivity index (χ3v) is 2.61. The van der Waals surface area contributed by atoms with E-state index in [9.17, 15) is 14.2 Å². The van der Waals surface area contributed by atoms with Crippen molar-refractivity contribution < 1.29 is 34.2 Å². The average Bonchev–Trinajstić information content (AvgIpc) is 1.81. The van der Waals surface area contributed by atoms with E-state index < -0.39 is 38.0 Å². The van der Waals surface area contributed by atoms with E-state index in [4.69, 9.17) is 20.0 Å². The lowest BCUT2D eigenvalue weighted by Gasteiger charge is -2.11. The van der Waals surface area contributed by atoms with E-state index in [1.54, 1.807) is 0 Å². The molecule has 13 heavy (non-hydrogen) atoms. The van der Waals surface area contributed by atoms with Crippen LogP contribution >= 0.6 is 7.60 Å². The smallest absolute Gasteiger partial charge is 0.339 e. The fourth-order valence-corrected chi connectivity index (χ4v) is 1.45. The molecule has 0 rings (SSSR count). The Hall–Kier alpha value is -0.910. The molecule has 0 bridgehead atoms. The Balaban J connectivity index is 4.38. The van der Waals surface area contributed by atoms with E-state index >= 15 is 0 Å². The molecule has 0 amide bonds. The summed E-state index contributed by atoms with van der Waals surface area (Å²) in [5.41, 5.74) is -1.93. The van der Waals surface area contributed by atoms with Gasteiger partial charge < -0.3 is 20.0 Å². The van der Waals surface area contributed by atoms with Crippen molar-refractivity contribution in [2.75, 3.05) is 0 Å². The molecule has 0 aliphatic rings. The molecule has 0 heterocycles. The summed E-state index contributed by atoms with van der Waals surface area (Å²) in [6.07, 6.45) is -1.16. The van der Waals surface area contributed by atoms with Crippen LogP contribution in [0.15, 0.2) is 0 Å². The van der Waals surface area contributed by atoms with E-state index in [0.717, 1.165) is 0 Å². The van der Waals surface area contributed by atoms with Crippen molar-refractivity contribution in [2.24, 2.45) is 0 Å². The molecule has 0 spiro atoms. The van der Waals surface area contributed by atoms with Gasteiger partial charge in [-0.25, -0.2) is 0 Å². The fraction of sp³-hybridized carbons (Fsp3) is 0.600. The van der Waals surface area contributed by atoms with Crippen molar-refractivity contribution in [3.8, 4) is 0 Å². The zero-order valence-electron chi connectivity index (χ0n) is 6.45. The van der Waals surface area contributed by atoms with Crippen LogP contribution in [0.2, 0.25) is 0 Å². The monoisotopic (exact) mass is 212 g/mol. The summed E-state index contributed by atoms with van der Waals surface area (Å²) in [7, 11) is -4.75. The molecule has 7 nitrogen and oxygen atoms in total. The Labute approximate surface area is 73.2 Å². The van der Waals surface area contributed by atoms with Crippen molar-refractivity contribution >= 4 is 19.5 Å². The van der Waals surface area contributed by atoms with Crippen LogP contribution in [0.5, 0.6) is 0 Å². The lowest BCUT2D eigenvalue weighted by Crippen LogP contribution is -2.21. The van der Waals surface area contributed by atoms with Gasteiger partial charge >= 0.3 is 19.5 Å². The number of aliphatic carboxylic acids is 2. The van der Waals surface area contributed by atoms with Crippen LogP contribution in [-0.2, 0) is 14.2 Å². The number of rotatable bonds is 5. The van der Waals surface area contributed by atoms with E-state index in [0.29, 0.717) is 0 Å². The molecule has 0 aromatic carbocycles. The summed E-state index contributed by atoms with van der Waals surface area (Å²) in [5, 5.41) is 16.5. The highest BCUT2D eigenvalue weighted by atomic mass is 31.2. The molecule has 0 saturated carbocycles. The third-order valence-electron chi connectivity index (χ3n) is 1.32. The van der Waals surface area contributed by atoms with Crippen LogP contribution in [0.25, 0.3) is 0 Å². The fourth-order valence-electron chi connectivity index (χ4n) is 0.696. The van der Waals surface area contributed by atoms with Gasteiger partial charge in [0.25, 0.3) is 0 Å². The highest BCUT2D eigenvalue weighted by molar-refractivity contribution is 7.53. The summed E-state index contributed by atoms with van der Waals surface area (Å²) < 4.78 is 10.5. The zero-order chi connectivity index (χ0) is 10.6. The lowest BCUT2D eigenvalue weighted by molar-refractivity contribution is -0.138. The molecule has 1 unspecified atom stereocenters. The highest BCUT2D eigenvalue weighted by Gasteiger charge is 2.35. The molecule has 0 aliphatic carbocycles. The second-order valence-corrected chi connectivity index (χ2v) is 4.18. The topological polar surface area (TPSA) is 132 Å². The van der Waals surface area contributed by atoms with Crippen LogP contribution in [0.3, 0.4) is 0 Å². The molecule has 76 valence electrons. The molecule has 0 aliphatic heterocycles. The van der Waals surface area contributed by atoms with Crippen molar-refractivity contribution in [1.29, 1.82) is 0 Å². The van der Waals surface area contributed by atoms with Gasteiger partial charge in [-0.1, -0.05) is 0 Å². The van der Waals surface area contributed by atoms with Gasteiger partial charge in [0, 0.05) is 6.42 Å². The molecular weight excluding hydrogens is 203 g/mol. The first-order valence-electron chi connectivity index (χ1n) is 3.25. The molecule has 0 fully saturated rings. The quantitative estimate of drug-likeness (QED) is 0.450. The number of carbonyl (C=O) groups is 2. The zero-order valence-corrected chi connectivity index (χ0v) is 7.35. The lowest BCUT2D eigenvalue weighted by atomic mass is 10.2.